The van der Waals surface area contributed by atoms with Crippen molar-refractivity contribution in [3.05, 3.63) is 35.7 Å². The van der Waals surface area contributed by atoms with Gasteiger partial charge in [-0.25, -0.2) is 4.98 Å². The minimum absolute atomic E-state index is 0.567. The molecular formula is C17H20N4. The number of hydrogen-bond acceptors (Lipinski definition) is 3. The van der Waals surface area contributed by atoms with Crippen LogP contribution >= 0.6 is 0 Å². The van der Waals surface area contributed by atoms with Crippen molar-refractivity contribution in [2.75, 3.05) is 5.73 Å². The van der Waals surface area contributed by atoms with Crippen molar-refractivity contribution in [1.29, 1.82) is 5.26 Å². The van der Waals surface area contributed by atoms with Gasteiger partial charge in [-0.1, -0.05) is 25.5 Å². The largest absolute Gasteiger partial charge is 0.383 e. The highest BCUT2D eigenvalue weighted by Gasteiger charge is 2.30. The summed E-state index contributed by atoms with van der Waals surface area (Å²) in [4.78, 5) is 4.80. The molecule has 2 N–H and O–H groups in total. The van der Waals surface area contributed by atoms with E-state index < -0.39 is 0 Å². The molecule has 1 aliphatic carbocycles. The van der Waals surface area contributed by atoms with Gasteiger partial charge in [0.05, 0.1) is 11.6 Å². The van der Waals surface area contributed by atoms with Gasteiger partial charge in [0.25, 0.3) is 0 Å². The molecule has 3 rings (SSSR count). The van der Waals surface area contributed by atoms with E-state index in [-0.39, 0.29) is 0 Å². The van der Waals surface area contributed by atoms with Gasteiger partial charge >= 0.3 is 0 Å². The average molecular weight is 280 g/mol. The number of nitrogens with zero attached hydrogens (tertiary/aromatic N) is 3. The second-order valence-electron chi connectivity index (χ2n) is 5.68. The number of aromatic nitrogens is 2. The Bertz CT molecular complexity index is 689. The van der Waals surface area contributed by atoms with Gasteiger partial charge in [0.2, 0.25) is 0 Å². The maximum Gasteiger partial charge on any atom is 0.131 e. The van der Waals surface area contributed by atoms with Crippen LogP contribution in [0.15, 0.2) is 24.3 Å². The van der Waals surface area contributed by atoms with Crippen LogP contribution in [0.1, 0.15) is 49.9 Å². The van der Waals surface area contributed by atoms with E-state index in [1.165, 1.54) is 12.8 Å². The van der Waals surface area contributed by atoms with E-state index in [1.807, 2.05) is 18.2 Å². The summed E-state index contributed by atoms with van der Waals surface area (Å²) in [6, 6.07) is 9.69. The number of nitrogen functional groups attached to an aromatic ring is 1. The molecule has 108 valence electrons. The van der Waals surface area contributed by atoms with E-state index in [4.69, 9.17) is 16.0 Å². The molecule has 4 nitrogen and oxygen atoms in total. The zero-order valence-electron chi connectivity index (χ0n) is 12.3. The van der Waals surface area contributed by atoms with E-state index in [0.29, 0.717) is 11.5 Å². The third kappa shape index (κ3) is 2.64. The quantitative estimate of drug-likeness (QED) is 0.908. The maximum absolute atomic E-state index is 9.05. The zero-order chi connectivity index (χ0) is 14.8. The smallest absolute Gasteiger partial charge is 0.131 e. The Morgan fingerprint density at radius 3 is 2.90 bits per heavy atom. The third-order valence-electron chi connectivity index (χ3n) is 3.98. The van der Waals surface area contributed by atoms with Crippen LogP contribution in [-0.2, 0) is 6.54 Å². The van der Waals surface area contributed by atoms with Crippen LogP contribution in [0.2, 0.25) is 0 Å². The van der Waals surface area contributed by atoms with Crippen LogP contribution in [0.3, 0.4) is 0 Å². The van der Waals surface area contributed by atoms with E-state index in [2.05, 4.69) is 17.6 Å². The van der Waals surface area contributed by atoms with Crippen molar-refractivity contribution in [3.63, 3.8) is 0 Å². The molecule has 0 radical (unpaired) electrons. The lowest BCUT2D eigenvalue weighted by Crippen LogP contribution is -2.06. The van der Waals surface area contributed by atoms with Crippen molar-refractivity contribution in [3.8, 4) is 17.3 Å². The third-order valence-corrected chi connectivity index (χ3v) is 3.98. The van der Waals surface area contributed by atoms with Crippen LogP contribution in [0.25, 0.3) is 11.3 Å². The number of imidazole rings is 1. The number of anilines is 1. The molecule has 4 heteroatoms. The van der Waals surface area contributed by atoms with E-state index in [1.54, 1.807) is 6.07 Å². The second-order valence-corrected chi connectivity index (χ2v) is 5.68. The highest BCUT2D eigenvalue weighted by molar-refractivity contribution is 5.72. The fourth-order valence-corrected chi connectivity index (χ4v) is 2.64. The topological polar surface area (TPSA) is 67.6 Å². The molecule has 2 aromatic rings. The Morgan fingerprint density at radius 1 is 1.43 bits per heavy atom. The molecular weight excluding hydrogens is 260 g/mol. The van der Waals surface area contributed by atoms with Gasteiger partial charge < -0.3 is 10.3 Å². The number of nitriles is 1. The molecule has 0 saturated heterocycles. The van der Waals surface area contributed by atoms with Crippen LogP contribution in [0.4, 0.5) is 5.82 Å². The van der Waals surface area contributed by atoms with Crippen molar-refractivity contribution in [2.24, 2.45) is 0 Å². The lowest BCUT2D eigenvalue weighted by molar-refractivity contribution is 0.609. The predicted octanol–water partition coefficient (Wildman–Crippen LogP) is 3.68. The van der Waals surface area contributed by atoms with Gasteiger partial charge in [0.1, 0.15) is 17.3 Å². The number of unbranched alkanes of at least 4 members (excludes halogenated alkanes) is 1. The van der Waals surface area contributed by atoms with Gasteiger partial charge in [-0.15, -0.1) is 0 Å². The second kappa shape index (κ2) is 5.61. The van der Waals surface area contributed by atoms with Gasteiger partial charge in [0, 0.05) is 18.0 Å². The molecule has 1 fully saturated rings. The monoisotopic (exact) mass is 280 g/mol. The number of benzene rings is 1. The first-order valence-corrected chi connectivity index (χ1v) is 7.61. The lowest BCUT2D eigenvalue weighted by atomic mass is 10.1. The fourth-order valence-electron chi connectivity index (χ4n) is 2.64. The Balaban J connectivity index is 2.04. The van der Waals surface area contributed by atoms with Gasteiger partial charge in [-0.2, -0.15) is 5.26 Å². The summed E-state index contributed by atoms with van der Waals surface area (Å²) < 4.78 is 2.18. The molecule has 0 atom stereocenters. The van der Waals surface area contributed by atoms with Crippen LogP contribution < -0.4 is 5.73 Å². The van der Waals surface area contributed by atoms with Crippen molar-refractivity contribution < 1.29 is 0 Å². The normalized spacial score (nSPS) is 14.1. The molecule has 1 aromatic heterocycles. The summed E-state index contributed by atoms with van der Waals surface area (Å²) in [5, 5.41) is 9.05. The van der Waals surface area contributed by atoms with E-state index in [0.717, 1.165) is 42.3 Å². The lowest BCUT2D eigenvalue weighted by Gasteiger charge is -2.08. The van der Waals surface area contributed by atoms with Crippen molar-refractivity contribution in [2.45, 2.75) is 45.1 Å². The fraction of sp³-hybridized carbons (Fsp3) is 0.412. The van der Waals surface area contributed by atoms with Crippen LogP contribution in [-0.4, -0.2) is 9.55 Å². The zero-order valence-corrected chi connectivity index (χ0v) is 12.3. The first-order chi connectivity index (χ1) is 10.2. The maximum atomic E-state index is 9.05. The predicted molar refractivity (Wildman–Crippen MR) is 83.7 cm³/mol. The summed E-state index contributed by atoms with van der Waals surface area (Å²) in [6.07, 6.45) is 4.67. The van der Waals surface area contributed by atoms with E-state index in [9.17, 15) is 0 Å². The molecule has 0 unspecified atom stereocenters. The molecule has 0 spiro atoms. The molecule has 0 bridgehead atoms. The first-order valence-electron chi connectivity index (χ1n) is 7.61. The van der Waals surface area contributed by atoms with E-state index >= 15 is 0 Å². The first kappa shape index (κ1) is 13.7. The minimum Gasteiger partial charge on any atom is -0.383 e. The number of nitrogens with two attached hydrogens (primary N) is 1. The minimum atomic E-state index is 0.567. The molecule has 1 aromatic carbocycles. The van der Waals surface area contributed by atoms with Crippen LogP contribution in [0.5, 0.6) is 0 Å². The molecule has 1 heterocycles. The van der Waals surface area contributed by atoms with Crippen LogP contribution in [0, 0.1) is 11.3 Å². The molecule has 1 saturated carbocycles. The average Bonchev–Trinajstić information content (AvgIpc) is 3.30. The summed E-state index contributed by atoms with van der Waals surface area (Å²) in [5.41, 5.74) is 8.75. The van der Waals surface area contributed by atoms with Gasteiger partial charge in [-0.05, 0) is 31.4 Å². The van der Waals surface area contributed by atoms with Crippen molar-refractivity contribution >= 4 is 5.82 Å². The number of hydrogen-bond donors (Lipinski definition) is 1. The summed E-state index contributed by atoms with van der Waals surface area (Å²) in [6.45, 7) is 3.11. The van der Waals surface area contributed by atoms with Gasteiger partial charge in [0.15, 0.2) is 0 Å². The highest BCUT2D eigenvalue weighted by atomic mass is 15.1. The SMILES string of the molecule is CCCCn1c(C2CC2)nc(-c2cccc(C#N)c2)c1N. The highest BCUT2D eigenvalue weighted by Crippen LogP contribution is 2.42. The van der Waals surface area contributed by atoms with Crippen molar-refractivity contribution in [1.82, 2.24) is 9.55 Å². The molecule has 21 heavy (non-hydrogen) atoms. The van der Waals surface area contributed by atoms with Gasteiger partial charge in [-0.3, -0.25) is 0 Å². The molecule has 0 aliphatic heterocycles. The molecule has 1 aliphatic rings. The Morgan fingerprint density at radius 2 is 2.24 bits per heavy atom. The molecule has 0 amide bonds. The standard InChI is InChI=1S/C17H20N4/c1-2-3-9-21-16(19)15(20-17(21)13-7-8-13)14-6-4-5-12(10-14)11-18/h4-6,10,13H,2-3,7-9,19H2,1H3. The summed E-state index contributed by atoms with van der Waals surface area (Å²) >= 11 is 0. The Kier molecular flexibility index (Phi) is 3.66. The Hall–Kier alpha value is -2.28. The summed E-state index contributed by atoms with van der Waals surface area (Å²) in [7, 11) is 0. The Labute approximate surface area is 125 Å². The summed E-state index contributed by atoms with van der Waals surface area (Å²) in [5.74, 6) is 2.43. The number of rotatable bonds is 5.